The van der Waals surface area contributed by atoms with E-state index in [2.05, 4.69) is 4.57 Å². The lowest BCUT2D eigenvalue weighted by atomic mass is 10.0. The van der Waals surface area contributed by atoms with Crippen LogP contribution in [0, 0.1) is 0 Å². The Kier molecular flexibility index (Phi) is 4.56. The Labute approximate surface area is 194 Å². The third-order valence-electron chi connectivity index (χ3n) is 6.62. The largest absolute Gasteiger partial charge is 0.497 e. The highest BCUT2D eigenvalue weighted by molar-refractivity contribution is 5.96. The van der Waals surface area contributed by atoms with Gasteiger partial charge in [-0.05, 0) is 47.5 Å². The summed E-state index contributed by atoms with van der Waals surface area (Å²) in [7, 11) is 4.81. The zero-order valence-corrected chi connectivity index (χ0v) is 19.0. The van der Waals surface area contributed by atoms with E-state index >= 15 is 0 Å². The smallest absolute Gasteiger partial charge is 0.331 e. The number of aromatic nitrogens is 3. The highest BCUT2D eigenvalue weighted by Gasteiger charge is 2.33. The molecule has 0 radical (unpaired) electrons. The normalized spacial score (nSPS) is 16.6. The average molecular weight is 461 g/mol. The van der Waals surface area contributed by atoms with Crippen LogP contribution in [-0.4, -0.2) is 34.2 Å². The molecule has 0 saturated heterocycles. The van der Waals surface area contributed by atoms with Crippen molar-refractivity contribution in [3.8, 4) is 28.5 Å². The standard InChI is InChI=1S/C25H23N3O6/c1-26-21-19(24(29)27(2)25(26)30)20(14-4-7-16(31-3)8-5-14)28-10-11-32-23(22(21)28)15-6-9-17-18(12-15)34-13-33-17/h4-9,12,23H,10-11,13H2,1-3H3. The fourth-order valence-electron chi connectivity index (χ4n) is 4.96. The molecule has 174 valence electrons. The van der Waals surface area contributed by atoms with Gasteiger partial charge in [0.15, 0.2) is 11.5 Å². The van der Waals surface area contributed by atoms with Gasteiger partial charge in [-0.3, -0.25) is 13.9 Å². The summed E-state index contributed by atoms with van der Waals surface area (Å²) in [5.74, 6) is 2.05. The minimum atomic E-state index is -0.490. The molecule has 9 heteroatoms. The van der Waals surface area contributed by atoms with E-state index in [9.17, 15) is 9.59 Å². The molecular weight excluding hydrogens is 438 g/mol. The van der Waals surface area contributed by atoms with Crippen LogP contribution < -0.4 is 25.5 Å². The van der Waals surface area contributed by atoms with Gasteiger partial charge in [-0.15, -0.1) is 0 Å². The van der Waals surface area contributed by atoms with Gasteiger partial charge in [0, 0.05) is 20.6 Å². The van der Waals surface area contributed by atoms with Gasteiger partial charge in [0.1, 0.15) is 11.9 Å². The second kappa shape index (κ2) is 7.53. The second-order valence-electron chi connectivity index (χ2n) is 8.41. The number of methoxy groups -OCH3 is 1. The van der Waals surface area contributed by atoms with Crippen LogP contribution in [0.25, 0.3) is 22.2 Å². The van der Waals surface area contributed by atoms with Crippen molar-refractivity contribution in [2.75, 3.05) is 20.5 Å². The highest BCUT2D eigenvalue weighted by atomic mass is 16.7. The first kappa shape index (κ1) is 20.6. The summed E-state index contributed by atoms with van der Waals surface area (Å²) in [4.78, 5) is 26.4. The molecule has 2 aromatic carbocycles. The predicted octanol–water partition coefficient (Wildman–Crippen LogP) is 2.56. The van der Waals surface area contributed by atoms with Crippen molar-refractivity contribution in [1.29, 1.82) is 0 Å². The lowest BCUT2D eigenvalue weighted by Gasteiger charge is -2.28. The summed E-state index contributed by atoms with van der Waals surface area (Å²) in [5.41, 5.74) is 3.10. The van der Waals surface area contributed by atoms with Gasteiger partial charge in [-0.2, -0.15) is 0 Å². The van der Waals surface area contributed by atoms with Crippen LogP contribution >= 0.6 is 0 Å². The van der Waals surface area contributed by atoms with Crippen molar-refractivity contribution < 1.29 is 18.9 Å². The summed E-state index contributed by atoms with van der Waals surface area (Å²) < 4.78 is 27.4. The van der Waals surface area contributed by atoms with Crippen molar-refractivity contribution in [3.63, 3.8) is 0 Å². The van der Waals surface area contributed by atoms with Crippen LogP contribution in [0.15, 0.2) is 52.1 Å². The van der Waals surface area contributed by atoms with Crippen LogP contribution in [-0.2, 0) is 25.4 Å². The fourth-order valence-corrected chi connectivity index (χ4v) is 4.96. The second-order valence-corrected chi connectivity index (χ2v) is 8.41. The SMILES string of the molecule is COc1ccc(-c2c3c(=O)n(C)c(=O)n(C)c3c3n2CCOC3c2ccc3c(c2)OCO3)cc1. The molecule has 4 aromatic rings. The van der Waals surface area contributed by atoms with Gasteiger partial charge < -0.3 is 23.5 Å². The predicted molar refractivity (Wildman–Crippen MR) is 125 cm³/mol. The molecule has 0 bridgehead atoms. The monoisotopic (exact) mass is 461 g/mol. The van der Waals surface area contributed by atoms with Crippen LogP contribution in [0.3, 0.4) is 0 Å². The summed E-state index contributed by atoms with van der Waals surface area (Å²) in [6.07, 6.45) is -0.490. The average Bonchev–Trinajstić information content (AvgIpc) is 3.48. The Bertz CT molecular complexity index is 1560. The molecule has 0 amide bonds. The number of hydrogen-bond donors (Lipinski definition) is 0. The number of ether oxygens (including phenoxy) is 4. The van der Waals surface area contributed by atoms with E-state index in [1.54, 1.807) is 14.2 Å². The van der Waals surface area contributed by atoms with E-state index in [1.807, 2.05) is 42.5 Å². The van der Waals surface area contributed by atoms with Crippen molar-refractivity contribution in [3.05, 3.63) is 74.6 Å². The lowest BCUT2D eigenvalue weighted by molar-refractivity contribution is 0.0477. The van der Waals surface area contributed by atoms with Crippen molar-refractivity contribution in [1.82, 2.24) is 13.7 Å². The molecule has 2 aliphatic heterocycles. The number of rotatable bonds is 3. The van der Waals surface area contributed by atoms with E-state index in [4.69, 9.17) is 18.9 Å². The Balaban J connectivity index is 1.68. The molecular formula is C25H23N3O6. The molecule has 0 N–H and O–H groups in total. The van der Waals surface area contributed by atoms with E-state index < -0.39 is 6.10 Å². The van der Waals surface area contributed by atoms with Crippen LogP contribution in [0.1, 0.15) is 17.4 Å². The van der Waals surface area contributed by atoms with Crippen molar-refractivity contribution in [2.45, 2.75) is 12.6 Å². The molecule has 0 aliphatic carbocycles. The molecule has 0 saturated carbocycles. The molecule has 2 aromatic heterocycles. The first-order valence-electron chi connectivity index (χ1n) is 11.0. The van der Waals surface area contributed by atoms with Gasteiger partial charge in [0.25, 0.3) is 5.56 Å². The molecule has 0 fully saturated rings. The molecule has 34 heavy (non-hydrogen) atoms. The fraction of sp³-hybridized carbons (Fsp3) is 0.280. The van der Waals surface area contributed by atoms with Crippen LogP contribution in [0.5, 0.6) is 17.2 Å². The third kappa shape index (κ3) is 2.83. The first-order chi connectivity index (χ1) is 16.5. The molecule has 4 heterocycles. The first-order valence-corrected chi connectivity index (χ1v) is 11.0. The van der Waals surface area contributed by atoms with Crippen molar-refractivity contribution in [2.24, 2.45) is 14.1 Å². The van der Waals surface area contributed by atoms with E-state index in [1.165, 1.54) is 11.6 Å². The topological polar surface area (TPSA) is 85.9 Å². The number of fused-ring (bicyclic) bond motifs is 4. The Morgan fingerprint density at radius 1 is 0.971 bits per heavy atom. The van der Waals surface area contributed by atoms with Gasteiger partial charge in [-0.1, -0.05) is 6.07 Å². The van der Waals surface area contributed by atoms with Crippen LogP contribution in [0.4, 0.5) is 0 Å². The summed E-state index contributed by atoms with van der Waals surface area (Å²) in [5, 5.41) is 0.487. The van der Waals surface area contributed by atoms with Gasteiger partial charge in [0.2, 0.25) is 6.79 Å². The van der Waals surface area contributed by atoms with E-state index in [0.29, 0.717) is 35.6 Å². The molecule has 2 aliphatic rings. The minimum absolute atomic E-state index is 0.176. The van der Waals surface area contributed by atoms with Gasteiger partial charge in [0.05, 0.1) is 36.0 Å². The third-order valence-corrected chi connectivity index (χ3v) is 6.62. The maximum Gasteiger partial charge on any atom is 0.331 e. The Morgan fingerprint density at radius 2 is 1.74 bits per heavy atom. The zero-order valence-electron chi connectivity index (χ0n) is 19.0. The maximum atomic E-state index is 13.5. The minimum Gasteiger partial charge on any atom is -0.497 e. The van der Waals surface area contributed by atoms with Gasteiger partial charge >= 0.3 is 5.69 Å². The molecule has 0 spiro atoms. The van der Waals surface area contributed by atoms with Crippen molar-refractivity contribution >= 4 is 10.9 Å². The van der Waals surface area contributed by atoms with Crippen LogP contribution in [0.2, 0.25) is 0 Å². The highest BCUT2D eigenvalue weighted by Crippen LogP contribution is 2.43. The number of benzene rings is 2. The summed E-state index contributed by atoms with van der Waals surface area (Å²) >= 11 is 0. The Morgan fingerprint density at radius 3 is 2.50 bits per heavy atom. The molecule has 1 unspecified atom stereocenters. The number of hydrogen-bond acceptors (Lipinski definition) is 6. The van der Waals surface area contributed by atoms with Gasteiger partial charge in [-0.25, -0.2) is 4.79 Å². The Hall–Kier alpha value is -3.98. The summed E-state index contributed by atoms with van der Waals surface area (Å²) in [6, 6.07) is 13.3. The summed E-state index contributed by atoms with van der Waals surface area (Å²) in [6.45, 7) is 1.17. The molecule has 1 atom stereocenters. The maximum absolute atomic E-state index is 13.5. The molecule has 6 rings (SSSR count). The molecule has 9 nitrogen and oxygen atoms in total. The zero-order chi connectivity index (χ0) is 23.6. The van der Waals surface area contributed by atoms with E-state index in [-0.39, 0.29) is 18.0 Å². The lowest BCUT2D eigenvalue weighted by Crippen LogP contribution is -2.37. The quantitative estimate of drug-likeness (QED) is 0.466. The number of aryl methyl sites for hydroxylation is 1. The van der Waals surface area contributed by atoms with E-state index in [0.717, 1.165) is 32.8 Å². The number of nitrogens with zero attached hydrogens (tertiary/aromatic N) is 3.